The van der Waals surface area contributed by atoms with Crippen LogP contribution in [0.4, 0.5) is 5.82 Å². The van der Waals surface area contributed by atoms with Crippen LogP contribution in [0.25, 0.3) is 0 Å². The molecular formula is C18H25N5. The van der Waals surface area contributed by atoms with E-state index in [-0.39, 0.29) is 0 Å². The molecule has 1 aliphatic heterocycles. The van der Waals surface area contributed by atoms with Gasteiger partial charge in [0.25, 0.3) is 0 Å². The van der Waals surface area contributed by atoms with E-state index in [2.05, 4.69) is 32.6 Å². The third kappa shape index (κ3) is 3.09. The summed E-state index contributed by atoms with van der Waals surface area (Å²) in [6, 6.07) is 0. The largest absolute Gasteiger partial charge is 0.354 e. The molecule has 1 atom stereocenters. The minimum atomic E-state index is 0.499. The quantitative estimate of drug-likeness (QED) is 0.870. The van der Waals surface area contributed by atoms with Crippen LogP contribution in [-0.2, 0) is 6.54 Å². The molecule has 2 aliphatic rings. The average Bonchev–Trinajstić information content (AvgIpc) is 3.25. The molecule has 23 heavy (non-hydrogen) atoms. The highest BCUT2D eigenvalue weighted by Gasteiger charge is 2.28. The molecule has 1 aliphatic carbocycles. The van der Waals surface area contributed by atoms with E-state index in [4.69, 9.17) is 4.98 Å². The van der Waals surface area contributed by atoms with E-state index in [1.54, 1.807) is 0 Å². The Morgan fingerprint density at radius 1 is 1.17 bits per heavy atom. The molecule has 4 rings (SSSR count). The predicted octanol–water partition coefficient (Wildman–Crippen LogP) is 3.08. The van der Waals surface area contributed by atoms with E-state index in [0.717, 1.165) is 42.8 Å². The maximum atomic E-state index is 4.73. The molecule has 0 N–H and O–H groups in total. The van der Waals surface area contributed by atoms with Gasteiger partial charge in [0, 0.05) is 44.1 Å². The second-order valence-corrected chi connectivity index (χ2v) is 7.09. The summed E-state index contributed by atoms with van der Waals surface area (Å²) in [6.45, 7) is 7.29. The van der Waals surface area contributed by atoms with Crippen molar-refractivity contribution in [2.45, 2.75) is 52.0 Å². The highest BCUT2D eigenvalue weighted by atomic mass is 15.2. The van der Waals surface area contributed by atoms with Crippen molar-refractivity contribution in [3.63, 3.8) is 0 Å². The third-order valence-corrected chi connectivity index (χ3v) is 5.04. The van der Waals surface area contributed by atoms with Gasteiger partial charge in [-0.05, 0) is 45.4 Å². The van der Waals surface area contributed by atoms with Crippen molar-refractivity contribution in [2.75, 3.05) is 18.0 Å². The number of rotatable bonds is 4. The number of hydrogen-bond acceptors (Lipinski definition) is 4. The van der Waals surface area contributed by atoms with Gasteiger partial charge in [0.2, 0.25) is 0 Å². The third-order valence-electron chi connectivity index (χ3n) is 5.04. The summed E-state index contributed by atoms with van der Waals surface area (Å²) in [4.78, 5) is 16.3. The van der Waals surface area contributed by atoms with Gasteiger partial charge in [-0.1, -0.05) is 0 Å². The summed E-state index contributed by atoms with van der Waals surface area (Å²) in [5.41, 5.74) is 2.01. The lowest BCUT2D eigenvalue weighted by Gasteiger charge is -2.34. The molecule has 122 valence electrons. The van der Waals surface area contributed by atoms with Gasteiger partial charge >= 0.3 is 0 Å². The van der Waals surface area contributed by atoms with Crippen LogP contribution < -0.4 is 4.90 Å². The first-order chi connectivity index (χ1) is 11.2. The summed E-state index contributed by atoms with van der Waals surface area (Å²) in [7, 11) is 0. The summed E-state index contributed by atoms with van der Waals surface area (Å²) in [5, 5.41) is 0. The first-order valence-electron chi connectivity index (χ1n) is 8.77. The van der Waals surface area contributed by atoms with Crippen LogP contribution in [0.5, 0.6) is 0 Å². The Kier molecular flexibility index (Phi) is 3.79. The fourth-order valence-electron chi connectivity index (χ4n) is 3.62. The van der Waals surface area contributed by atoms with E-state index in [9.17, 15) is 0 Å². The van der Waals surface area contributed by atoms with Crippen LogP contribution in [0.15, 0.2) is 18.6 Å². The maximum absolute atomic E-state index is 4.73. The van der Waals surface area contributed by atoms with Crippen molar-refractivity contribution in [1.82, 2.24) is 19.5 Å². The fraction of sp³-hybridized carbons (Fsp3) is 0.611. The van der Waals surface area contributed by atoms with Crippen LogP contribution in [0.1, 0.15) is 48.8 Å². The Hall–Kier alpha value is -1.91. The Labute approximate surface area is 137 Å². The SMILES string of the molecule is Cc1cnc(C)c(N2CCC[C@H](c3nccn3CC3CC3)C2)n1. The Morgan fingerprint density at radius 3 is 2.87 bits per heavy atom. The number of hydrogen-bond donors (Lipinski definition) is 0. The standard InChI is InChI=1S/C18H25N5/c1-13-10-20-14(2)17(21-13)22-8-3-4-16(12-22)18-19-7-9-23(18)11-15-5-6-15/h7,9-10,15-16H,3-6,8,11-12H2,1-2H3/t16-/m0/s1. The fourth-order valence-corrected chi connectivity index (χ4v) is 3.62. The lowest BCUT2D eigenvalue weighted by atomic mass is 9.97. The van der Waals surface area contributed by atoms with Crippen molar-refractivity contribution in [1.29, 1.82) is 0 Å². The molecule has 0 amide bonds. The van der Waals surface area contributed by atoms with E-state index < -0.39 is 0 Å². The van der Waals surface area contributed by atoms with Gasteiger partial charge in [-0.2, -0.15) is 0 Å². The second-order valence-electron chi connectivity index (χ2n) is 7.09. The van der Waals surface area contributed by atoms with E-state index in [1.807, 2.05) is 19.3 Å². The van der Waals surface area contributed by atoms with Crippen molar-refractivity contribution < 1.29 is 0 Å². The maximum Gasteiger partial charge on any atom is 0.150 e. The molecule has 2 aromatic rings. The number of imidazole rings is 1. The Bertz CT molecular complexity index is 688. The molecule has 2 aromatic heterocycles. The van der Waals surface area contributed by atoms with Crippen molar-refractivity contribution >= 4 is 5.82 Å². The minimum Gasteiger partial charge on any atom is -0.354 e. The highest BCUT2D eigenvalue weighted by Crippen LogP contribution is 2.33. The molecule has 3 heterocycles. The molecule has 2 fully saturated rings. The average molecular weight is 311 g/mol. The van der Waals surface area contributed by atoms with Gasteiger partial charge in [-0.15, -0.1) is 0 Å². The van der Waals surface area contributed by atoms with Crippen LogP contribution in [0.3, 0.4) is 0 Å². The number of piperidine rings is 1. The van der Waals surface area contributed by atoms with E-state index in [0.29, 0.717) is 5.92 Å². The number of nitrogens with zero attached hydrogens (tertiary/aromatic N) is 5. The molecule has 5 heteroatoms. The van der Waals surface area contributed by atoms with Crippen molar-refractivity contribution in [3.05, 3.63) is 35.8 Å². The smallest absolute Gasteiger partial charge is 0.150 e. The second kappa shape index (κ2) is 5.95. The highest BCUT2D eigenvalue weighted by molar-refractivity contribution is 5.44. The van der Waals surface area contributed by atoms with Crippen molar-refractivity contribution in [3.8, 4) is 0 Å². The monoisotopic (exact) mass is 311 g/mol. The van der Waals surface area contributed by atoms with Gasteiger partial charge < -0.3 is 9.47 Å². The molecular weight excluding hydrogens is 286 g/mol. The molecule has 0 radical (unpaired) electrons. The molecule has 0 bridgehead atoms. The molecule has 0 aromatic carbocycles. The van der Waals surface area contributed by atoms with Crippen LogP contribution in [-0.4, -0.2) is 32.6 Å². The first-order valence-corrected chi connectivity index (χ1v) is 8.77. The van der Waals surface area contributed by atoms with E-state index >= 15 is 0 Å². The van der Waals surface area contributed by atoms with Gasteiger partial charge in [0.1, 0.15) is 11.6 Å². The Balaban J connectivity index is 1.55. The summed E-state index contributed by atoms with van der Waals surface area (Å²) >= 11 is 0. The topological polar surface area (TPSA) is 46.8 Å². The first kappa shape index (κ1) is 14.7. The number of anilines is 1. The number of aromatic nitrogens is 4. The predicted molar refractivity (Wildman–Crippen MR) is 90.6 cm³/mol. The van der Waals surface area contributed by atoms with Crippen LogP contribution in [0, 0.1) is 19.8 Å². The zero-order chi connectivity index (χ0) is 15.8. The van der Waals surface area contributed by atoms with E-state index in [1.165, 1.54) is 31.5 Å². The van der Waals surface area contributed by atoms with Crippen LogP contribution in [0.2, 0.25) is 0 Å². The summed E-state index contributed by atoms with van der Waals surface area (Å²) < 4.78 is 2.39. The zero-order valence-electron chi connectivity index (χ0n) is 14.1. The summed E-state index contributed by atoms with van der Waals surface area (Å²) in [5.74, 6) is 3.70. The molecule has 1 saturated carbocycles. The lowest BCUT2D eigenvalue weighted by molar-refractivity contribution is 0.461. The minimum absolute atomic E-state index is 0.499. The van der Waals surface area contributed by atoms with Gasteiger partial charge in [0.15, 0.2) is 0 Å². The van der Waals surface area contributed by atoms with Gasteiger partial charge in [-0.3, -0.25) is 4.98 Å². The molecule has 1 saturated heterocycles. The lowest BCUT2D eigenvalue weighted by Crippen LogP contribution is -2.36. The Morgan fingerprint density at radius 2 is 2.04 bits per heavy atom. The van der Waals surface area contributed by atoms with Crippen LogP contribution >= 0.6 is 0 Å². The van der Waals surface area contributed by atoms with Crippen molar-refractivity contribution in [2.24, 2.45) is 5.92 Å². The van der Waals surface area contributed by atoms with Gasteiger partial charge in [0.05, 0.1) is 11.4 Å². The zero-order valence-corrected chi connectivity index (χ0v) is 14.1. The van der Waals surface area contributed by atoms with Gasteiger partial charge in [-0.25, -0.2) is 9.97 Å². The summed E-state index contributed by atoms with van der Waals surface area (Å²) in [6.07, 6.45) is 11.1. The molecule has 5 nitrogen and oxygen atoms in total. The normalized spacial score (nSPS) is 21.7. The number of aryl methyl sites for hydroxylation is 2. The molecule has 0 spiro atoms. The molecule has 0 unspecified atom stereocenters.